The Kier molecular flexibility index (Phi) is 1.93. The number of rotatable bonds is 1. The van der Waals surface area contributed by atoms with E-state index in [0.717, 1.165) is 12.0 Å². The van der Waals surface area contributed by atoms with E-state index >= 15 is 0 Å². The molecule has 1 amide bonds. The average Bonchev–Trinajstić information content (AvgIpc) is 3.01. The van der Waals surface area contributed by atoms with Crippen LogP contribution in [-0.4, -0.2) is 12.5 Å². The van der Waals surface area contributed by atoms with Gasteiger partial charge in [-0.05, 0) is 24.1 Å². The van der Waals surface area contributed by atoms with Crippen molar-refractivity contribution in [2.75, 3.05) is 11.9 Å². The van der Waals surface area contributed by atoms with E-state index in [1.807, 2.05) is 18.2 Å². The lowest BCUT2D eigenvalue weighted by Gasteiger charge is -2.20. The number of carbonyl (C=O) groups is 1. The predicted octanol–water partition coefficient (Wildman–Crippen LogP) is 1.82. The SMILES string of the molecule is CC1(c2ccc3c(c2)NC(=O)CO3)CC1C#N. The molecule has 0 radical (unpaired) electrons. The highest BCUT2D eigenvalue weighted by molar-refractivity contribution is 5.95. The lowest BCUT2D eigenvalue weighted by Crippen LogP contribution is -2.25. The van der Waals surface area contributed by atoms with Gasteiger partial charge in [0.05, 0.1) is 17.7 Å². The van der Waals surface area contributed by atoms with Crippen LogP contribution < -0.4 is 10.1 Å². The zero-order valence-corrected chi connectivity index (χ0v) is 9.49. The van der Waals surface area contributed by atoms with Crippen LogP contribution in [0, 0.1) is 17.2 Å². The first-order valence-electron chi connectivity index (χ1n) is 5.60. The van der Waals surface area contributed by atoms with Gasteiger partial charge < -0.3 is 10.1 Å². The molecule has 1 fully saturated rings. The Balaban J connectivity index is 1.97. The topological polar surface area (TPSA) is 62.1 Å². The van der Waals surface area contributed by atoms with Crippen LogP contribution in [0.25, 0.3) is 0 Å². The van der Waals surface area contributed by atoms with Crippen molar-refractivity contribution in [2.45, 2.75) is 18.8 Å². The molecular weight excluding hydrogens is 216 g/mol. The molecule has 1 N–H and O–H groups in total. The van der Waals surface area contributed by atoms with Crippen LogP contribution in [0.2, 0.25) is 0 Å². The van der Waals surface area contributed by atoms with Gasteiger partial charge >= 0.3 is 0 Å². The monoisotopic (exact) mass is 228 g/mol. The molecule has 1 aromatic carbocycles. The Morgan fingerprint density at radius 1 is 1.59 bits per heavy atom. The van der Waals surface area contributed by atoms with Crippen LogP contribution in [0.15, 0.2) is 18.2 Å². The normalized spacial score (nSPS) is 29.6. The van der Waals surface area contributed by atoms with Gasteiger partial charge in [0.2, 0.25) is 0 Å². The minimum Gasteiger partial charge on any atom is -0.482 e. The number of hydrogen-bond donors (Lipinski definition) is 1. The molecule has 2 atom stereocenters. The van der Waals surface area contributed by atoms with Crippen molar-refractivity contribution < 1.29 is 9.53 Å². The largest absolute Gasteiger partial charge is 0.482 e. The zero-order chi connectivity index (χ0) is 12.0. The average molecular weight is 228 g/mol. The van der Waals surface area contributed by atoms with Gasteiger partial charge in [-0.15, -0.1) is 0 Å². The van der Waals surface area contributed by atoms with Gasteiger partial charge in [-0.2, -0.15) is 5.26 Å². The molecule has 2 unspecified atom stereocenters. The Bertz CT molecular complexity index is 547. The van der Waals surface area contributed by atoms with Crippen molar-refractivity contribution in [1.82, 2.24) is 0 Å². The van der Waals surface area contributed by atoms with E-state index in [2.05, 4.69) is 18.3 Å². The van der Waals surface area contributed by atoms with E-state index in [1.165, 1.54) is 0 Å². The van der Waals surface area contributed by atoms with Crippen LogP contribution in [0.4, 0.5) is 5.69 Å². The van der Waals surface area contributed by atoms with Gasteiger partial charge in [-0.25, -0.2) is 0 Å². The van der Waals surface area contributed by atoms with Crippen LogP contribution in [0.3, 0.4) is 0 Å². The minimum absolute atomic E-state index is 0.0635. The number of carbonyl (C=O) groups excluding carboxylic acids is 1. The number of nitrogens with zero attached hydrogens (tertiary/aromatic N) is 1. The summed E-state index contributed by atoms with van der Waals surface area (Å²) < 4.78 is 5.30. The van der Waals surface area contributed by atoms with E-state index in [4.69, 9.17) is 10.00 Å². The second-order valence-electron chi connectivity index (χ2n) is 4.85. The van der Waals surface area contributed by atoms with E-state index in [9.17, 15) is 4.79 Å². The van der Waals surface area contributed by atoms with Crippen molar-refractivity contribution in [1.29, 1.82) is 5.26 Å². The molecule has 1 aliphatic carbocycles. The van der Waals surface area contributed by atoms with Crippen molar-refractivity contribution >= 4 is 11.6 Å². The molecule has 1 aliphatic heterocycles. The predicted molar refractivity (Wildman–Crippen MR) is 61.6 cm³/mol. The first-order valence-corrected chi connectivity index (χ1v) is 5.60. The maximum absolute atomic E-state index is 11.2. The summed E-state index contributed by atoms with van der Waals surface area (Å²) in [6.07, 6.45) is 0.886. The smallest absolute Gasteiger partial charge is 0.262 e. The minimum atomic E-state index is -0.132. The molecule has 17 heavy (non-hydrogen) atoms. The third-order valence-corrected chi connectivity index (χ3v) is 3.66. The van der Waals surface area contributed by atoms with E-state index < -0.39 is 0 Å². The first kappa shape index (κ1) is 10.2. The molecule has 0 bridgehead atoms. The Morgan fingerprint density at radius 3 is 3.12 bits per heavy atom. The van der Waals surface area contributed by atoms with Crippen molar-refractivity contribution in [3.8, 4) is 11.8 Å². The summed E-state index contributed by atoms with van der Waals surface area (Å²) in [6, 6.07) is 8.06. The van der Waals surface area contributed by atoms with Gasteiger partial charge in [-0.1, -0.05) is 13.0 Å². The Morgan fingerprint density at radius 2 is 2.41 bits per heavy atom. The molecular formula is C13H12N2O2. The quantitative estimate of drug-likeness (QED) is 0.797. The fraction of sp³-hybridized carbons (Fsp3) is 0.385. The number of hydrogen-bond acceptors (Lipinski definition) is 3. The number of amides is 1. The summed E-state index contributed by atoms with van der Waals surface area (Å²) in [5.74, 6) is 0.652. The van der Waals surface area contributed by atoms with E-state index in [1.54, 1.807) is 0 Å². The molecule has 4 nitrogen and oxygen atoms in total. The van der Waals surface area contributed by atoms with Gasteiger partial charge in [0.1, 0.15) is 5.75 Å². The maximum atomic E-state index is 11.2. The van der Waals surface area contributed by atoms with Crippen molar-refractivity contribution in [2.24, 2.45) is 5.92 Å². The maximum Gasteiger partial charge on any atom is 0.262 e. The fourth-order valence-electron chi connectivity index (χ4n) is 2.31. The molecule has 0 aromatic heterocycles. The summed E-state index contributed by atoms with van der Waals surface area (Å²) in [7, 11) is 0. The van der Waals surface area contributed by atoms with Crippen molar-refractivity contribution in [3.63, 3.8) is 0 Å². The third-order valence-electron chi connectivity index (χ3n) is 3.66. The van der Waals surface area contributed by atoms with Gasteiger partial charge in [0, 0.05) is 5.41 Å². The van der Waals surface area contributed by atoms with Crippen molar-refractivity contribution in [3.05, 3.63) is 23.8 Å². The fourth-order valence-corrected chi connectivity index (χ4v) is 2.31. The van der Waals surface area contributed by atoms with Crippen LogP contribution in [0.5, 0.6) is 5.75 Å². The number of ether oxygens (including phenoxy) is 1. The second-order valence-corrected chi connectivity index (χ2v) is 4.85. The summed E-state index contributed by atoms with van der Waals surface area (Å²) >= 11 is 0. The van der Waals surface area contributed by atoms with Crippen LogP contribution >= 0.6 is 0 Å². The number of anilines is 1. The highest BCUT2D eigenvalue weighted by Gasteiger charge is 2.51. The molecule has 1 heterocycles. The van der Waals surface area contributed by atoms with Crippen LogP contribution in [0.1, 0.15) is 18.9 Å². The Labute approximate surface area is 99.2 Å². The first-order chi connectivity index (χ1) is 8.13. The van der Waals surface area contributed by atoms with E-state index in [-0.39, 0.29) is 23.8 Å². The molecule has 1 aromatic rings. The molecule has 4 heteroatoms. The standard InChI is InChI=1S/C13H12N2O2/c1-13(5-9(13)6-14)8-2-3-11-10(4-8)15-12(16)7-17-11/h2-4,9H,5,7H2,1H3,(H,15,16). The van der Waals surface area contributed by atoms with E-state index in [0.29, 0.717) is 11.4 Å². The molecule has 0 saturated heterocycles. The summed E-state index contributed by atoms with van der Waals surface area (Å²) in [6.45, 7) is 2.15. The second kappa shape index (κ2) is 3.24. The van der Waals surface area contributed by atoms with Gasteiger partial charge in [0.25, 0.3) is 5.91 Å². The number of nitrogens with one attached hydrogen (secondary N) is 1. The number of nitriles is 1. The summed E-state index contributed by atoms with van der Waals surface area (Å²) in [5, 5.41) is 11.7. The molecule has 1 saturated carbocycles. The van der Waals surface area contributed by atoms with Gasteiger partial charge in [0.15, 0.2) is 6.61 Å². The summed E-state index contributed by atoms with van der Waals surface area (Å²) in [5.41, 5.74) is 1.74. The number of fused-ring (bicyclic) bond motifs is 1. The molecule has 2 aliphatic rings. The Hall–Kier alpha value is -2.02. The highest BCUT2D eigenvalue weighted by atomic mass is 16.5. The lowest BCUT2D eigenvalue weighted by molar-refractivity contribution is -0.118. The lowest BCUT2D eigenvalue weighted by atomic mass is 9.95. The van der Waals surface area contributed by atoms with Crippen LogP contribution in [-0.2, 0) is 10.2 Å². The number of benzene rings is 1. The van der Waals surface area contributed by atoms with Gasteiger partial charge in [-0.3, -0.25) is 4.79 Å². The third kappa shape index (κ3) is 1.47. The highest BCUT2D eigenvalue weighted by Crippen LogP contribution is 2.54. The summed E-state index contributed by atoms with van der Waals surface area (Å²) in [4.78, 5) is 11.2. The molecule has 3 rings (SSSR count). The molecule has 86 valence electrons. The molecule has 0 spiro atoms. The zero-order valence-electron chi connectivity index (χ0n) is 9.49.